The van der Waals surface area contributed by atoms with Crippen molar-refractivity contribution in [1.82, 2.24) is 10.3 Å². The molecule has 0 aliphatic carbocycles. The molecule has 0 bridgehead atoms. The number of unbranched alkanes of at least 4 members (excludes halogenated alkanes) is 2. The maximum atomic E-state index is 11.9. The van der Waals surface area contributed by atoms with Gasteiger partial charge in [0.1, 0.15) is 0 Å². The summed E-state index contributed by atoms with van der Waals surface area (Å²) in [6.45, 7) is 2.68. The van der Waals surface area contributed by atoms with Crippen LogP contribution in [-0.2, 0) is 11.2 Å². The maximum absolute atomic E-state index is 11.9. The number of nitrogens with one attached hydrogen (secondary N) is 1. The van der Waals surface area contributed by atoms with E-state index >= 15 is 0 Å². The van der Waals surface area contributed by atoms with E-state index in [1.807, 2.05) is 18.2 Å². The number of aryl methyl sites for hydroxylation is 1. The van der Waals surface area contributed by atoms with Gasteiger partial charge in [-0.05, 0) is 37.8 Å². The summed E-state index contributed by atoms with van der Waals surface area (Å²) in [7, 11) is 0. The monoisotopic (exact) mass is 333 g/mol. The molecule has 1 aromatic heterocycles. The third-order valence-electron chi connectivity index (χ3n) is 3.94. The number of carbonyl (C=O) groups is 1. The van der Waals surface area contributed by atoms with Crippen molar-refractivity contribution in [2.45, 2.75) is 57.9 Å². The number of carbonyl (C=O) groups excluding carboxylic acids is 1. The fraction of sp³-hybridized carbons (Fsp3) is 0.556. The Balaban J connectivity index is 1.67. The molecular formula is C18H27N3OS. The second-order valence-corrected chi connectivity index (χ2v) is 7.04. The minimum absolute atomic E-state index is 0.126. The Bertz CT molecular complexity index is 578. The number of benzene rings is 1. The Morgan fingerprint density at radius 1 is 1.30 bits per heavy atom. The second-order valence-electron chi connectivity index (χ2n) is 5.92. The molecular weight excluding hydrogens is 306 g/mol. The Kier molecular flexibility index (Phi) is 7.49. The van der Waals surface area contributed by atoms with Gasteiger partial charge >= 0.3 is 0 Å². The van der Waals surface area contributed by atoms with Gasteiger partial charge in [0.25, 0.3) is 0 Å². The van der Waals surface area contributed by atoms with Gasteiger partial charge in [0.05, 0.1) is 15.2 Å². The summed E-state index contributed by atoms with van der Waals surface area (Å²) in [5, 5.41) is 4.21. The van der Waals surface area contributed by atoms with Gasteiger partial charge in [0.2, 0.25) is 5.91 Å². The van der Waals surface area contributed by atoms with E-state index in [4.69, 9.17) is 5.73 Å². The third kappa shape index (κ3) is 5.92. The van der Waals surface area contributed by atoms with Gasteiger partial charge < -0.3 is 11.1 Å². The van der Waals surface area contributed by atoms with Crippen molar-refractivity contribution in [1.29, 1.82) is 0 Å². The molecule has 1 aromatic carbocycles. The molecule has 2 rings (SSSR count). The van der Waals surface area contributed by atoms with Crippen LogP contribution in [0, 0.1) is 0 Å². The summed E-state index contributed by atoms with van der Waals surface area (Å²) in [6.07, 6.45) is 6.64. The number of hydrogen-bond donors (Lipinski definition) is 2. The van der Waals surface area contributed by atoms with Crippen LogP contribution in [0.3, 0.4) is 0 Å². The van der Waals surface area contributed by atoms with Crippen molar-refractivity contribution in [3.8, 4) is 0 Å². The lowest BCUT2D eigenvalue weighted by Crippen LogP contribution is -2.40. The van der Waals surface area contributed by atoms with Crippen LogP contribution in [0.25, 0.3) is 10.2 Å². The lowest BCUT2D eigenvalue weighted by atomic mass is 10.1. The smallest absolute Gasteiger partial charge is 0.220 e. The molecule has 126 valence electrons. The Morgan fingerprint density at radius 2 is 2.13 bits per heavy atom. The molecule has 0 spiro atoms. The zero-order chi connectivity index (χ0) is 16.5. The van der Waals surface area contributed by atoms with E-state index in [-0.39, 0.29) is 11.9 Å². The van der Waals surface area contributed by atoms with Crippen molar-refractivity contribution in [2.75, 3.05) is 6.54 Å². The first-order valence-corrected chi connectivity index (χ1v) is 9.38. The highest BCUT2D eigenvalue weighted by atomic mass is 32.1. The van der Waals surface area contributed by atoms with Gasteiger partial charge in [-0.3, -0.25) is 4.79 Å². The van der Waals surface area contributed by atoms with E-state index in [1.165, 1.54) is 4.70 Å². The molecule has 1 atom stereocenters. The average Bonchev–Trinajstić information content (AvgIpc) is 2.98. The minimum Gasteiger partial charge on any atom is -0.352 e. The maximum Gasteiger partial charge on any atom is 0.220 e. The normalized spacial score (nSPS) is 12.4. The summed E-state index contributed by atoms with van der Waals surface area (Å²) in [5.41, 5.74) is 6.78. The molecule has 0 saturated carbocycles. The minimum atomic E-state index is 0.126. The third-order valence-corrected chi connectivity index (χ3v) is 5.03. The SMILES string of the molecule is CCCCC(CN)NC(=O)CCCCc1nc2ccccc2s1. The highest BCUT2D eigenvalue weighted by Gasteiger charge is 2.10. The number of fused-ring (bicyclic) bond motifs is 1. The van der Waals surface area contributed by atoms with Crippen molar-refractivity contribution >= 4 is 27.5 Å². The first-order chi connectivity index (χ1) is 11.2. The quantitative estimate of drug-likeness (QED) is 0.652. The van der Waals surface area contributed by atoms with Crippen LogP contribution >= 0.6 is 11.3 Å². The van der Waals surface area contributed by atoms with Crippen LogP contribution in [0.4, 0.5) is 0 Å². The predicted molar refractivity (Wildman–Crippen MR) is 97.7 cm³/mol. The fourth-order valence-electron chi connectivity index (χ4n) is 2.59. The highest BCUT2D eigenvalue weighted by Crippen LogP contribution is 2.22. The molecule has 5 heteroatoms. The molecule has 2 aromatic rings. The van der Waals surface area contributed by atoms with E-state index in [0.29, 0.717) is 13.0 Å². The highest BCUT2D eigenvalue weighted by molar-refractivity contribution is 7.18. The summed E-state index contributed by atoms with van der Waals surface area (Å²) < 4.78 is 1.24. The first-order valence-electron chi connectivity index (χ1n) is 8.56. The molecule has 0 radical (unpaired) electrons. The predicted octanol–water partition coefficient (Wildman–Crippen LogP) is 3.64. The fourth-order valence-corrected chi connectivity index (χ4v) is 3.60. The molecule has 1 unspecified atom stereocenters. The summed E-state index contributed by atoms with van der Waals surface area (Å²) in [5.74, 6) is 0.126. The topological polar surface area (TPSA) is 68.0 Å². The van der Waals surface area contributed by atoms with Gasteiger partial charge in [0.15, 0.2) is 0 Å². The summed E-state index contributed by atoms with van der Waals surface area (Å²) in [4.78, 5) is 16.6. The molecule has 0 saturated heterocycles. The molecule has 4 nitrogen and oxygen atoms in total. The molecule has 1 heterocycles. The molecule has 3 N–H and O–H groups in total. The Morgan fingerprint density at radius 3 is 2.87 bits per heavy atom. The summed E-state index contributed by atoms with van der Waals surface area (Å²) >= 11 is 1.75. The molecule has 1 amide bonds. The zero-order valence-corrected chi connectivity index (χ0v) is 14.7. The zero-order valence-electron chi connectivity index (χ0n) is 13.9. The van der Waals surface area contributed by atoms with Gasteiger partial charge in [-0.15, -0.1) is 11.3 Å². The van der Waals surface area contributed by atoms with Gasteiger partial charge in [0, 0.05) is 19.0 Å². The number of para-hydroxylation sites is 1. The lowest BCUT2D eigenvalue weighted by molar-refractivity contribution is -0.121. The standard InChI is InChI=1S/C18H27N3OS/c1-2-3-8-14(13-19)20-17(22)11-6-7-12-18-21-15-9-4-5-10-16(15)23-18/h4-5,9-10,14H,2-3,6-8,11-13,19H2,1H3,(H,20,22). The number of amides is 1. The number of nitrogens with zero attached hydrogens (tertiary/aromatic N) is 1. The second kappa shape index (κ2) is 9.63. The van der Waals surface area contributed by atoms with Crippen LogP contribution in [-0.4, -0.2) is 23.5 Å². The van der Waals surface area contributed by atoms with Crippen molar-refractivity contribution in [3.63, 3.8) is 0 Å². The number of hydrogen-bond acceptors (Lipinski definition) is 4. The largest absolute Gasteiger partial charge is 0.352 e. The Hall–Kier alpha value is -1.46. The van der Waals surface area contributed by atoms with E-state index in [2.05, 4.69) is 23.3 Å². The average molecular weight is 334 g/mol. The number of rotatable bonds is 10. The Labute approximate surface area is 142 Å². The van der Waals surface area contributed by atoms with Crippen LogP contribution in [0.5, 0.6) is 0 Å². The lowest BCUT2D eigenvalue weighted by Gasteiger charge is -2.16. The summed E-state index contributed by atoms with van der Waals surface area (Å²) in [6, 6.07) is 8.34. The van der Waals surface area contributed by atoms with Crippen molar-refractivity contribution in [2.24, 2.45) is 5.73 Å². The molecule has 23 heavy (non-hydrogen) atoms. The van der Waals surface area contributed by atoms with Gasteiger partial charge in [-0.2, -0.15) is 0 Å². The van der Waals surface area contributed by atoms with Crippen LogP contribution in [0.2, 0.25) is 0 Å². The number of thiazole rings is 1. The number of aromatic nitrogens is 1. The van der Waals surface area contributed by atoms with Crippen molar-refractivity contribution in [3.05, 3.63) is 29.3 Å². The van der Waals surface area contributed by atoms with Crippen LogP contribution < -0.4 is 11.1 Å². The van der Waals surface area contributed by atoms with E-state index in [9.17, 15) is 4.79 Å². The van der Waals surface area contributed by atoms with Gasteiger partial charge in [-0.1, -0.05) is 31.9 Å². The molecule has 0 fully saturated rings. The van der Waals surface area contributed by atoms with E-state index in [1.54, 1.807) is 11.3 Å². The number of nitrogens with two attached hydrogens (primary N) is 1. The van der Waals surface area contributed by atoms with Crippen molar-refractivity contribution < 1.29 is 4.79 Å². The van der Waals surface area contributed by atoms with Crippen LogP contribution in [0.15, 0.2) is 24.3 Å². The van der Waals surface area contributed by atoms with E-state index < -0.39 is 0 Å². The van der Waals surface area contributed by atoms with E-state index in [0.717, 1.165) is 49.0 Å². The van der Waals surface area contributed by atoms with Gasteiger partial charge in [-0.25, -0.2) is 4.98 Å². The first kappa shape index (κ1) is 17.9. The molecule has 0 aliphatic heterocycles. The van der Waals surface area contributed by atoms with Crippen LogP contribution in [0.1, 0.15) is 50.5 Å². The molecule has 0 aliphatic rings.